The summed E-state index contributed by atoms with van der Waals surface area (Å²) in [4.78, 5) is 2.20. The molecular weight excluding hydrogens is 593 g/mol. The first-order chi connectivity index (χ1) is 19.7. The van der Waals surface area contributed by atoms with Crippen molar-refractivity contribution in [3.63, 3.8) is 0 Å². The number of aromatic hydroxyl groups is 1. The monoisotopic (exact) mass is 650 g/mol. The first kappa shape index (κ1) is 38.8. The summed E-state index contributed by atoms with van der Waals surface area (Å²) in [5.74, 6) is 1.04. The van der Waals surface area contributed by atoms with Gasteiger partial charge in [-0.25, -0.2) is 0 Å². The summed E-state index contributed by atoms with van der Waals surface area (Å²) in [5.41, 5.74) is 2.83. The van der Waals surface area contributed by atoms with Gasteiger partial charge in [0.1, 0.15) is 36.4 Å². The first-order valence-electron chi connectivity index (χ1n) is 15.4. The molecule has 0 saturated heterocycles. The predicted molar refractivity (Wildman–Crippen MR) is 186 cm³/mol. The molecule has 0 aliphatic carbocycles. The minimum absolute atomic E-state index is 0.212. The van der Waals surface area contributed by atoms with E-state index in [0.29, 0.717) is 11.5 Å². The van der Waals surface area contributed by atoms with Gasteiger partial charge in [-0.3, -0.25) is 0 Å². The second kappa shape index (κ2) is 13.7. The Kier molecular flexibility index (Phi) is 12.1. The highest BCUT2D eigenvalue weighted by Crippen LogP contribution is 2.51. The molecule has 3 atom stereocenters. The topological polar surface area (TPSA) is 110 Å². The number of hydrogen-bond donors (Lipinski definition) is 5. The Bertz CT molecular complexity index is 1210. The molecule has 0 unspecified atom stereocenters. The summed E-state index contributed by atoms with van der Waals surface area (Å²) in [7, 11) is 0. The molecule has 44 heavy (non-hydrogen) atoms. The lowest BCUT2D eigenvalue weighted by molar-refractivity contribution is -0.0873. The Labute approximate surface area is 275 Å². The number of ether oxygens (including phenoxy) is 1. The van der Waals surface area contributed by atoms with Gasteiger partial charge in [-0.1, -0.05) is 83.1 Å². The summed E-state index contributed by atoms with van der Waals surface area (Å²) < 4.78 is 5.97. The van der Waals surface area contributed by atoms with E-state index in [1.165, 1.54) is 0 Å². The molecule has 0 amide bonds. The van der Waals surface area contributed by atoms with E-state index < -0.39 is 24.9 Å². The average Bonchev–Trinajstić information content (AvgIpc) is 2.84. The molecule has 2 rings (SSSR count). The second-order valence-electron chi connectivity index (χ2n) is 16.4. The molecule has 0 aliphatic heterocycles. The Morgan fingerprint density at radius 1 is 0.591 bits per heavy atom. The number of benzene rings is 2. The summed E-state index contributed by atoms with van der Waals surface area (Å²) in [6.07, 6.45) is -4.35. The number of rotatable bonds is 10. The Morgan fingerprint density at radius 3 is 1.25 bits per heavy atom. The molecule has 0 heterocycles. The number of aliphatic hydroxyl groups is 4. The Balaban J connectivity index is 2.58. The van der Waals surface area contributed by atoms with Gasteiger partial charge >= 0.3 is 0 Å². The van der Waals surface area contributed by atoms with Crippen LogP contribution in [0.3, 0.4) is 0 Å². The lowest BCUT2D eigenvalue weighted by Gasteiger charge is -2.33. The third kappa shape index (κ3) is 10.0. The molecule has 0 bridgehead atoms. The van der Waals surface area contributed by atoms with Gasteiger partial charge in [0.05, 0.1) is 10.7 Å². The number of phenols is 1. The van der Waals surface area contributed by atoms with Crippen LogP contribution in [0.25, 0.3) is 0 Å². The lowest BCUT2D eigenvalue weighted by atomic mass is 9.79. The van der Waals surface area contributed by atoms with Crippen LogP contribution in [0, 0.1) is 0 Å². The van der Waals surface area contributed by atoms with E-state index in [0.717, 1.165) is 32.0 Å². The molecule has 0 radical (unpaired) electrons. The largest absolute Gasteiger partial charge is 0.507 e. The fourth-order valence-corrected chi connectivity index (χ4v) is 7.55. The van der Waals surface area contributed by atoms with E-state index in [2.05, 4.69) is 121 Å². The minimum Gasteiger partial charge on any atom is -0.507 e. The molecule has 0 saturated carbocycles. The van der Waals surface area contributed by atoms with Gasteiger partial charge in [-0.05, 0) is 59.8 Å². The standard InChI is InChI=1S/C36H58O6S2/c1-32(2,3)23-15-21(16-24(29(23)40)33(4,5)6)43-36(13,14)44-22-17-25(34(7,8)9)31(26(18-22)35(10,11)12)42-20-28(39)30(41)27(38)19-37/h15-18,27-28,30,37-41H,19-20H2,1-14H3/t27-,28+,30-/m0/s1. The highest BCUT2D eigenvalue weighted by molar-refractivity contribution is 8.18. The molecule has 0 aromatic heterocycles. The van der Waals surface area contributed by atoms with Gasteiger partial charge in [0.15, 0.2) is 0 Å². The van der Waals surface area contributed by atoms with Crippen molar-refractivity contribution in [3.05, 3.63) is 46.5 Å². The maximum atomic E-state index is 11.2. The molecule has 2 aromatic carbocycles. The zero-order valence-electron chi connectivity index (χ0n) is 29.4. The van der Waals surface area contributed by atoms with E-state index in [4.69, 9.17) is 4.74 Å². The summed E-state index contributed by atoms with van der Waals surface area (Å²) in [6.45, 7) is 29.0. The second-order valence-corrected chi connectivity index (χ2v) is 20.1. The van der Waals surface area contributed by atoms with Crippen LogP contribution in [0.15, 0.2) is 34.1 Å². The van der Waals surface area contributed by atoms with Crippen molar-refractivity contribution in [3.8, 4) is 11.5 Å². The van der Waals surface area contributed by atoms with Crippen molar-refractivity contribution in [2.75, 3.05) is 13.2 Å². The van der Waals surface area contributed by atoms with Crippen LogP contribution in [0.5, 0.6) is 11.5 Å². The van der Waals surface area contributed by atoms with Crippen molar-refractivity contribution >= 4 is 23.5 Å². The summed E-state index contributed by atoms with van der Waals surface area (Å²) >= 11 is 3.55. The van der Waals surface area contributed by atoms with Gasteiger partial charge in [-0.2, -0.15) is 0 Å². The summed E-state index contributed by atoms with van der Waals surface area (Å²) in [6, 6.07) is 8.56. The fourth-order valence-electron chi connectivity index (χ4n) is 4.96. The Morgan fingerprint density at radius 2 is 0.932 bits per heavy atom. The molecule has 250 valence electrons. The lowest BCUT2D eigenvalue weighted by Crippen LogP contribution is -2.42. The molecule has 6 nitrogen and oxygen atoms in total. The van der Waals surface area contributed by atoms with Crippen LogP contribution in [0.4, 0.5) is 0 Å². The number of hydrogen-bond acceptors (Lipinski definition) is 8. The van der Waals surface area contributed by atoms with E-state index in [1.807, 2.05) is 0 Å². The SMILES string of the molecule is CC(C)(Sc1cc(C(C)(C)C)c(O)c(C(C)(C)C)c1)Sc1cc(C(C)(C)C)c(OC[C@@H](O)[C@@H](O)[C@@H](O)CO)c(C(C)(C)C)c1. The molecule has 0 spiro atoms. The third-order valence-corrected chi connectivity index (χ3v) is 9.91. The number of phenolic OH excluding ortho intramolecular Hbond substituents is 1. The third-order valence-electron chi connectivity index (χ3n) is 7.48. The first-order valence-corrected chi connectivity index (χ1v) is 17.0. The van der Waals surface area contributed by atoms with Crippen molar-refractivity contribution in [1.29, 1.82) is 0 Å². The van der Waals surface area contributed by atoms with Crippen LogP contribution in [0.2, 0.25) is 0 Å². The van der Waals surface area contributed by atoms with Crippen LogP contribution < -0.4 is 4.74 Å². The minimum atomic E-state index is -1.53. The van der Waals surface area contributed by atoms with Crippen molar-refractivity contribution in [2.45, 2.75) is 151 Å². The highest BCUT2D eigenvalue weighted by Gasteiger charge is 2.33. The molecule has 5 N–H and O–H groups in total. The van der Waals surface area contributed by atoms with E-state index in [1.54, 1.807) is 23.5 Å². The molecule has 8 heteroatoms. The van der Waals surface area contributed by atoms with E-state index in [-0.39, 0.29) is 32.3 Å². The van der Waals surface area contributed by atoms with Crippen molar-refractivity contribution < 1.29 is 30.3 Å². The molecule has 0 fully saturated rings. The van der Waals surface area contributed by atoms with Crippen LogP contribution in [-0.2, 0) is 21.7 Å². The van der Waals surface area contributed by atoms with Gasteiger partial charge < -0.3 is 30.3 Å². The number of thioether (sulfide) groups is 2. The van der Waals surface area contributed by atoms with Crippen molar-refractivity contribution in [1.82, 2.24) is 0 Å². The zero-order valence-corrected chi connectivity index (χ0v) is 31.0. The zero-order chi connectivity index (χ0) is 34.2. The normalized spacial score (nSPS) is 15.7. The smallest absolute Gasteiger partial charge is 0.126 e. The van der Waals surface area contributed by atoms with Gasteiger partial charge in [-0.15, -0.1) is 23.5 Å². The average molecular weight is 651 g/mol. The van der Waals surface area contributed by atoms with Gasteiger partial charge in [0.25, 0.3) is 0 Å². The van der Waals surface area contributed by atoms with Gasteiger partial charge in [0, 0.05) is 32.0 Å². The molecular formula is C36H58O6S2. The highest BCUT2D eigenvalue weighted by atomic mass is 32.2. The Hall–Kier alpha value is -1.42. The molecule has 2 aromatic rings. The summed E-state index contributed by atoms with van der Waals surface area (Å²) in [5, 5.41) is 50.9. The predicted octanol–water partition coefficient (Wildman–Crippen LogP) is 7.66. The maximum Gasteiger partial charge on any atom is 0.126 e. The van der Waals surface area contributed by atoms with Crippen LogP contribution >= 0.6 is 23.5 Å². The quantitative estimate of drug-likeness (QED) is 0.132. The fraction of sp³-hybridized carbons (Fsp3) is 0.667. The molecule has 0 aliphatic rings. The van der Waals surface area contributed by atoms with E-state index >= 15 is 0 Å². The van der Waals surface area contributed by atoms with E-state index in [9.17, 15) is 25.5 Å². The van der Waals surface area contributed by atoms with Crippen LogP contribution in [-0.4, -0.2) is 61.1 Å². The maximum absolute atomic E-state index is 11.2. The van der Waals surface area contributed by atoms with Gasteiger partial charge in [0.2, 0.25) is 0 Å². The number of aliphatic hydroxyl groups excluding tert-OH is 4. The van der Waals surface area contributed by atoms with Crippen molar-refractivity contribution in [2.24, 2.45) is 0 Å². The van der Waals surface area contributed by atoms with Crippen LogP contribution in [0.1, 0.15) is 119 Å².